The Morgan fingerprint density at radius 1 is 1.60 bits per heavy atom. The maximum atomic E-state index is 5.64. The molecule has 5 heteroatoms. The molecule has 2 aromatic heterocycles. The van der Waals surface area contributed by atoms with E-state index in [0.29, 0.717) is 0 Å². The first-order chi connectivity index (χ1) is 4.79. The molecule has 0 fully saturated rings. The zero-order valence-corrected chi connectivity index (χ0v) is 8.02. The zero-order chi connectivity index (χ0) is 7.14. The molecule has 52 valence electrons. The topological polar surface area (TPSA) is 38.9 Å². The van der Waals surface area contributed by atoms with Gasteiger partial charge in [-0.25, -0.2) is 0 Å². The van der Waals surface area contributed by atoms with Crippen molar-refractivity contribution in [1.82, 2.24) is 4.37 Å². The fraction of sp³-hybridized carbons (Fsp3) is 0. The largest absolute Gasteiger partial charge is 0.388 e. The summed E-state index contributed by atoms with van der Waals surface area (Å²) in [5.41, 5.74) is 6.63. The number of anilines is 1. The molecule has 0 aliphatic carbocycles. The van der Waals surface area contributed by atoms with E-state index in [9.17, 15) is 0 Å². The Hall–Kier alpha value is -0.130. The van der Waals surface area contributed by atoms with E-state index in [0.717, 1.165) is 19.7 Å². The van der Waals surface area contributed by atoms with E-state index in [1.54, 1.807) is 11.3 Å². The third-order valence-electron chi connectivity index (χ3n) is 1.18. The zero-order valence-electron chi connectivity index (χ0n) is 4.80. The normalized spacial score (nSPS) is 10.9. The number of fused-ring (bicyclic) bond motifs is 1. The van der Waals surface area contributed by atoms with Crippen LogP contribution in [-0.4, -0.2) is 4.37 Å². The second-order valence-corrected chi connectivity index (χ2v) is 4.35. The Labute approximate surface area is 74.0 Å². The predicted molar refractivity (Wildman–Crippen MR) is 49.6 cm³/mol. The van der Waals surface area contributed by atoms with E-state index in [1.807, 2.05) is 5.38 Å². The number of nitrogens with zero attached hydrogens (tertiary/aromatic N) is 1. The standard InChI is InChI=1S/C5H3BrN2S2/c6-2-1-9-4-3(2)8-10-5(4)7/h1H,7H2. The average Bonchev–Trinajstić information content (AvgIpc) is 2.41. The van der Waals surface area contributed by atoms with E-state index < -0.39 is 0 Å². The number of thiophene rings is 1. The minimum Gasteiger partial charge on any atom is -0.388 e. The van der Waals surface area contributed by atoms with Crippen LogP contribution in [0.5, 0.6) is 0 Å². The van der Waals surface area contributed by atoms with Crippen molar-refractivity contribution in [2.75, 3.05) is 5.73 Å². The van der Waals surface area contributed by atoms with Crippen LogP contribution in [0.25, 0.3) is 10.2 Å². The van der Waals surface area contributed by atoms with Gasteiger partial charge in [0.05, 0.1) is 9.17 Å². The Bertz CT molecular complexity index is 328. The molecule has 0 aromatic carbocycles. The van der Waals surface area contributed by atoms with Gasteiger partial charge >= 0.3 is 0 Å². The number of rotatable bonds is 0. The number of halogens is 1. The molecule has 2 heterocycles. The van der Waals surface area contributed by atoms with Gasteiger partial charge in [-0.3, -0.25) is 0 Å². The molecule has 0 amide bonds. The number of hydrogen-bond acceptors (Lipinski definition) is 4. The Balaban J connectivity index is 2.95. The van der Waals surface area contributed by atoms with Crippen LogP contribution in [-0.2, 0) is 0 Å². The van der Waals surface area contributed by atoms with Gasteiger partial charge in [0.2, 0.25) is 0 Å². The summed E-state index contributed by atoms with van der Waals surface area (Å²) in [6.45, 7) is 0. The van der Waals surface area contributed by atoms with Gasteiger partial charge < -0.3 is 5.73 Å². The fourth-order valence-electron chi connectivity index (χ4n) is 0.727. The lowest BCUT2D eigenvalue weighted by atomic mass is 10.5. The first kappa shape index (κ1) is 6.57. The van der Waals surface area contributed by atoms with E-state index in [1.165, 1.54) is 11.5 Å². The molecule has 2 rings (SSSR count). The summed E-state index contributed by atoms with van der Waals surface area (Å²) < 4.78 is 6.29. The number of hydrogen-bond donors (Lipinski definition) is 1. The number of aromatic nitrogens is 1. The number of nitrogen functional groups attached to an aromatic ring is 1. The van der Waals surface area contributed by atoms with Gasteiger partial charge in [0, 0.05) is 5.38 Å². The maximum Gasteiger partial charge on any atom is 0.124 e. The lowest BCUT2D eigenvalue weighted by Crippen LogP contribution is -1.73. The Morgan fingerprint density at radius 3 is 3.10 bits per heavy atom. The van der Waals surface area contributed by atoms with E-state index in [-0.39, 0.29) is 0 Å². The summed E-state index contributed by atoms with van der Waals surface area (Å²) in [4.78, 5) is 0. The summed E-state index contributed by atoms with van der Waals surface area (Å²) in [5.74, 6) is 0. The van der Waals surface area contributed by atoms with Crippen LogP contribution in [0.1, 0.15) is 0 Å². The van der Waals surface area contributed by atoms with Crippen molar-refractivity contribution in [3.05, 3.63) is 9.85 Å². The minimum atomic E-state index is 0.811. The summed E-state index contributed by atoms with van der Waals surface area (Å²) in [7, 11) is 0. The SMILES string of the molecule is Nc1snc2c(Br)csc12. The number of nitrogens with two attached hydrogens (primary N) is 1. The molecule has 0 bridgehead atoms. The van der Waals surface area contributed by atoms with Crippen molar-refractivity contribution in [3.63, 3.8) is 0 Å². The van der Waals surface area contributed by atoms with Gasteiger partial charge in [0.25, 0.3) is 0 Å². The molecule has 0 radical (unpaired) electrons. The van der Waals surface area contributed by atoms with Crippen LogP contribution in [0.15, 0.2) is 9.85 Å². The van der Waals surface area contributed by atoms with Crippen molar-refractivity contribution in [1.29, 1.82) is 0 Å². The molecule has 0 spiro atoms. The van der Waals surface area contributed by atoms with Gasteiger partial charge in [-0.15, -0.1) is 11.3 Å². The highest BCUT2D eigenvalue weighted by Gasteiger charge is 2.07. The van der Waals surface area contributed by atoms with Gasteiger partial charge in [0.15, 0.2) is 0 Å². The smallest absolute Gasteiger partial charge is 0.124 e. The van der Waals surface area contributed by atoms with Gasteiger partial charge in [-0.2, -0.15) is 4.37 Å². The van der Waals surface area contributed by atoms with Crippen LogP contribution >= 0.6 is 38.8 Å². The third-order valence-corrected chi connectivity index (χ3v) is 3.89. The summed E-state index contributed by atoms with van der Waals surface area (Å²) in [5, 5.41) is 2.81. The lowest BCUT2D eigenvalue weighted by molar-refractivity contribution is 1.68. The molecule has 0 aliphatic rings. The molecule has 0 unspecified atom stereocenters. The second-order valence-electron chi connectivity index (χ2n) is 1.81. The molecule has 2 nitrogen and oxygen atoms in total. The van der Waals surface area contributed by atoms with E-state index >= 15 is 0 Å². The van der Waals surface area contributed by atoms with Gasteiger partial charge in [0.1, 0.15) is 10.5 Å². The first-order valence-corrected chi connectivity index (χ1v) is 5.01. The van der Waals surface area contributed by atoms with Gasteiger partial charge in [-0.05, 0) is 27.5 Å². The van der Waals surface area contributed by atoms with Crippen LogP contribution in [0.2, 0.25) is 0 Å². The minimum absolute atomic E-state index is 0.811. The van der Waals surface area contributed by atoms with E-state index in [4.69, 9.17) is 5.73 Å². The summed E-state index contributed by atoms with van der Waals surface area (Å²) >= 11 is 6.35. The maximum absolute atomic E-state index is 5.64. The lowest BCUT2D eigenvalue weighted by Gasteiger charge is -1.74. The molecule has 2 aromatic rings. The molecule has 0 saturated heterocycles. The van der Waals surface area contributed by atoms with Crippen molar-refractivity contribution in [2.24, 2.45) is 0 Å². The molecule has 2 N–H and O–H groups in total. The quantitative estimate of drug-likeness (QED) is 0.762. The summed E-state index contributed by atoms with van der Waals surface area (Å²) in [6.07, 6.45) is 0. The van der Waals surface area contributed by atoms with Crippen LogP contribution in [0.3, 0.4) is 0 Å². The molecule has 10 heavy (non-hydrogen) atoms. The Morgan fingerprint density at radius 2 is 2.40 bits per heavy atom. The monoisotopic (exact) mass is 234 g/mol. The van der Waals surface area contributed by atoms with Crippen molar-refractivity contribution in [2.45, 2.75) is 0 Å². The molecule has 0 aliphatic heterocycles. The van der Waals surface area contributed by atoms with Crippen LogP contribution in [0, 0.1) is 0 Å². The highest BCUT2D eigenvalue weighted by molar-refractivity contribution is 9.10. The highest BCUT2D eigenvalue weighted by Crippen LogP contribution is 2.35. The van der Waals surface area contributed by atoms with Crippen molar-refractivity contribution >= 4 is 54.0 Å². The first-order valence-electron chi connectivity index (χ1n) is 2.57. The molecule has 0 atom stereocenters. The highest BCUT2D eigenvalue weighted by atomic mass is 79.9. The van der Waals surface area contributed by atoms with Crippen molar-refractivity contribution < 1.29 is 0 Å². The molecular formula is C5H3BrN2S2. The van der Waals surface area contributed by atoms with E-state index in [2.05, 4.69) is 20.3 Å². The predicted octanol–water partition coefficient (Wildman–Crippen LogP) is 2.70. The average molecular weight is 235 g/mol. The molecule has 0 saturated carbocycles. The summed E-state index contributed by atoms with van der Waals surface area (Å²) in [6, 6.07) is 0. The second kappa shape index (κ2) is 2.18. The van der Waals surface area contributed by atoms with Crippen molar-refractivity contribution in [3.8, 4) is 0 Å². The fourth-order valence-corrected chi connectivity index (χ4v) is 3.13. The Kier molecular flexibility index (Phi) is 1.43. The molecular weight excluding hydrogens is 232 g/mol. The third kappa shape index (κ3) is 0.777. The van der Waals surface area contributed by atoms with Gasteiger partial charge in [-0.1, -0.05) is 0 Å². The van der Waals surface area contributed by atoms with Crippen LogP contribution < -0.4 is 5.73 Å². The van der Waals surface area contributed by atoms with Crippen LogP contribution in [0.4, 0.5) is 5.00 Å².